The van der Waals surface area contributed by atoms with Crippen LogP contribution in [0.4, 0.5) is 0 Å². The van der Waals surface area contributed by atoms with Crippen LogP contribution in [0.1, 0.15) is 23.5 Å². The third-order valence-corrected chi connectivity index (χ3v) is 5.32. The van der Waals surface area contributed by atoms with Crippen LogP contribution < -0.4 is 11.1 Å². The van der Waals surface area contributed by atoms with Gasteiger partial charge >= 0.3 is 23.7 Å². The molecule has 2 aromatic carbocycles. The van der Waals surface area contributed by atoms with E-state index in [2.05, 4.69) is 9.73 Å². The van der Waals surface area contributed by atoms with Crippen molar-refractivity contribution in [3.63, 3.8) is 0 Å². The molecule has 0 fully saturated rings. The predicted molar refractivity (Wildman–Crippen MR) is 123 cm³/mol. The van der Waals surface area contributed by atoms with E-state index in [1.165, 1.54) is 6.92 Å². The van der Waals surface area contributed by atoms with Gasteiger partial charge in [-0.05, 0) is 42.2 Å². The number of aliphatic hydroxyl groups excluding tert-OH is 1. The molecule has 0 aliphatic carbocycles. The number of hydrogen-bond acceptors (Lipinski definition) is 8. The quantitative estimate of drug-likeness (QED) is 0.295. The van der Waals surface area contributed by atoms with E-state index < -0.39 is 42.4 Å². The monoisotopic (exact) mass is 503 g/mol. The van der Waals surface area contributed by atoms with Gasteiger partial charge in [0.2, 0.25) is 0 Å². The van der Waals surface area contributed by atoms with Crippen LogP contribution in [0.5, 0.6) is 0 Å². The average molecular weight is 504 g/mol. The normalized spacial score (nSPS) is 12.5. The molecule has 0 saturated carbocycles. The highest BCUT2D eigenvalue weighted by molar-refractivity contribution is 6.31. The average Bonchev–Trinajstić information content (AvgIpc) is 3.14. The van der Waals surface area contributed by atoms with Crippen molar-refractivity contribution in [3.05, 3.63) is 81.3 Å². The predicted octanol–water partition coefficient (Wildman–Crippen LogP) is 2.47. The Morgan fingerprint density at radius 2 is 1.80 bits per heavy atom. The van der Waals surface area contributed by atoms with Gasteiger partial charge in [0.15, 0.2) is 24.2 Å². The number of hydrogen-bond donors (Lipinski definition) is 3. The van der Waals surface area contributed by atoms with E-state index in [1.54, 1.807) is 18.2 Å². The molecule has 3 N–H and O–H groups in total. The largest absolute Gasteiger partial charge is 0.519 e. The summed E-state index contributed by atoms with van der Waals surface area (Å²) in [7, 11) is 0. The Morgan fingerprint density at radius 1 is 1.09 bits per heavy atom. The number of ether oxygens (including phenoxy) is 1. The molecule has 3 aromatic rings. The molecule has 0 aliphatic heterocycles. The summed E-state index contributed by atoms with van der Waals surface area (Å²) in [6.07, 6.45) is -1.87. The van der Waals surface area contributed by atoms with E-state index in [9.17, 15) is 24.3 Å². The lowest BCUT2D eigenvalue weighted by atomic mass is 9.98. The van der Waals surface area contributed by atoms with Crippen LogP contribution in [0.25, 0.3) is 11.1 Å². The van der Waals surface area contributed by atoms with Gasteiger partial charge in [0.1, 0.15) is 0 Å². The van der Waals surface area contributed by atoms with Crippen LogP contribution in [0.2, 0.25) is 5.02 Å². The minimum Gasteiger partial charge on any atom is -0.474 e. The molecule has 184 valence electrons. The summed E-state index contributed by atoms with van der Waals surface area (Å²) in [5, 5.41) is 22.1. The fourth-order valence-electron chi connectivity index (χ4n) is 3.33. The number of halogens is 1. The summed E-state index contributed by atoms with van der Waals surface area (Å²) >= 11 is 6.04. The van der Waals surface area contributed by atoms with E-state index in [0.717, 1.165) is 16.7 Å². The molecule has 1 heterocycles. The van der Waals surface area contributed by atoms with Crippen LogP contribution in [-0.2, 0) is 32.1 Å². The number of aryl methyl sites for hydroxylation is 1. The Balaban J connectivity index is 1.66. The van der Waals surface area contributed by atoms with Crippen molar-refractivity contribution >= 4 is 29.4 Å². The van der Waals surface area contributed by atoms with Crippen molar-refractivity contribution < 1.29 is 38.2 Å². The summed E-state index contributed by atoms with van der Waals surface area (Å²) in [6, 6.07) is 13.6. The number of aliphatic hydroxyl groups is 1. The van der Waals surface area contributed by atoms with Crippen LogP contribution in [0.3, 0.4) is 0 Å². The van der Waals surface area contributed by atoms with Gasteiger partial charge in [-0.1, -0.05) is 48.0 Å². The highest BCUT2D eigenvalue weighted by Crippen LogP contribution is 2.23. The maximum Gasteiger partial charge on any atom is 0.519 e. The standard InChI is InChI=1S/C24H22ClNO9/c1-13-20(35-24(32)34-13)12-33-23(31)19(27)11-18(26-21(28)22(29)30)9-14-5-7-15(8-6-14)16-3-2-4-17(25)10-16/h2-8,10,18-19,27H,9,11-12H2,1H3,(H,26,28)(H,29,30)/t18-,19-/m1/s1. The van der Waals surface area contributed by atoms with E-state index in [1.807, 2.05) is 30.3 Å². The molecule has 11 heteroatoms. The van der Waals surface area contributed by atoms with Gasteiger partial charge in [0.25, 0.3) is 0 Å². The molecule has 3 rings (SSSR count). The fraction of sp³-hybridized carbons (Fsp3) is 0.250. The molecule has 10 nitrogen and oxygen atoms in total. The molecule has 35 heavy (non-hydrogen) atoms. The van der Waals surface area contributed by atoms with E-state index >= 15 is 0 Å². The second-order valence-corrected chi connectivity index (χ2v) is 8.12. The molecule has 0 bridgehead atoms. The number of carboxylic acid groups (broad SMARTS) is 1. The minimum absolute atomic E-state index is 0.00827. The first-order valence-corrected chi connectivity index (χ1v) is 10.8. The van der Waals surface area contributed by atoms with Gasteiger partial charge in [0.05, 0.1) is 0 Å². The lowest BCUT2D eigenvalue weighted by Gasteiger charge is -2.20. The maximum atomic E-state index is 12.2. The van der Waals surface area contributed by atoms with Crippen LogP contribution in [0.15, 0.2) is 62.2 Å². The number of benzene rings is 2. The number of rotatable bonds is 9. The third-order valence-electron chi connectivity index (χ3n) is 5.08. The lowest BCUT2D eigenvalue weighted by molar-refractivity contribution is -0.156. The van der Waals surface area contributed by atoms with Gasteiger partial charge in [-0.15, -0.1) is 0 Å². The molecule has 0 unspecified atom stereocenters. The number of esters is 1. The molecule has 0 spiro atoms. The van der Waals surface area contributed by atoms with Gasteiger partial charge in [0, 0.05) is 17.5 Å². The van der Waals surface area contributed by atoms with Gasteiger partial charge in [-0.3, -0.25) is 4.79 Å². The summed E-state index contributed by atoms with van der Waals surface area (Å²) in [5.74, 6) is -4.85. The summed E-state index contributed by atoms with van der Waals surface area (Å²) in [6.45, 7) is 1.00. The number of amides is 1. The zero-order valence-corrected chi connectivity index (χ0v) is 19.3. The second kappa shape index (κ2) is 11.5. The number of carbonyl (C=O) groups is 3. The highest BCUT2D eigenvalue weighted by Gasteiger charge is 2.26. The molecule has 0 aliphatic rings. The Bertz CT molecular complexity index is 1260. The van der Waals surface area contributed by atoms with Crippen molar-refractivity contribution in [2.24, 2.45) is 0 Å². The smallest absolute Gasteiger partial charge is 0.474 e. The molecule has 0 radical (unpaired) electrons. The lowest BCUT2D eigenvalue weighted by Crippen LogP contribution is -2.43. The highest BCUT2D eigenvalue weighted by atomic mass is 35.5. The van der Waals surface area contributed by atoms with E-state index in [4.69, 9.17) is 25.9 Å². The number of nitrogens with one attached hydrogen (secondary N) is 1. The Kier molecular flexibility index (Phi) is 8.45. The molecule has 2 atom stereocenters. The zero-order valence-electron chi connectivity index (χ0n) is 18.5. The first kappa shape index (κ1) is 25.7. The third kappa shape index (κ3) is 7.29. The van der Waals surface area contributed by atoms with Gasteiger partial charge in [-0.2, -0.15) is 0 Å². The first-order chi connectivity index (χ1) is 16.6. The molecule has 0 saturated heterocycles. The molecular formula is C24H22ClNO9. The number of carbonyl (C=O) groups excluding carboxylic acids is 2. The first-order valence-electron chi connectivity index (χ1n) is 10.4. The fourth-order valence-corrected chi connectivity index (χ4v) is 3.52. The SMILES string of the molecule is Cc1oc(=O)oc1COC(=O)[C@H](O)C[C@@H](Cc1ccc(-c2cccc(Cl)c2)cc1)NC(=O)C(=O)O. The maximum absolute atomic E-state index is 12.2. The Morgan fingerprint density at radius 3 is 2.40 bits per heavy atom. The number of aliphatic carboxylic acids is 1. The minimum atomic E-state index is -1.70. The van der Waals surface area contributed by atoms with Crippen LogP contribution >= 0.6 is 11.6 Å². The summed E-state index contributed by atoms with van der Waals surface area (Å²) < 4.78 is 14.3. The Hall–Kier alpha value is -3.89. The van der Waals surface area contributed by atoms with Gasteiger partial charge < -0.3 is 29.1 Å². The Labute approximate surface area is 204 Å². The van der Waals surface area contributed by atoms with Crippen molar-refractivity contribution in [2.45, 2.75) is 38.5 Å². The molecule has 1 amide bonds. The topological polar surface area (TPSA) is 156 Å². The van der Waals surface area contributed by atoms with Crippen LogP contribution in [0, 0.1) is 6.92 Å². The van der Waals surface area contributed by atoms with Crippen molar-refractivity contribution in [2.75, 3.05) is 0 Å². The second-order valence-electron chi connectivity index (χ2n) is 7.68. The van der Waals surface area contributed by atoms with Crippen LogP contribution in [-0.4, -0.2) is 40.2 Å². The molecule has 1 aromatic heterocycles. The van der Waals surface area contributed by atoms with Crippen molar-refractivity contribution in [1.29, 1.82) is 0 Å². The van der Waals surface area contributed by atoms with Crippen molar-refractivity contribution in [3.8, 4) is 11.1 Å². The van der Waals surface area contributed by atoms with E-state index in [0.29, 0.717) is 5.02 Å². The van der Waals surface area contributed by atoms with Crippen molar-refractivity contribution in [1.82, 2.24) is 5.32 Å². The zero-order chi connectivity index (χ0) is 25.5. The molecular weight excluding hydrogens is 482 g/mol. The number of carboxylic acids is 1. The van der Waals surface area contributed by atoms with E-state index in [-0.39, 0.29) is 24.4 Å². The summed E-state index contributed by atoms with van der Waals surface area (Å²) in [4.78, 5) is 46.0. The summed E-state index contributed by atoms with van der Waals surface area (Å²) in [5.41, 5.74) is 2.52. The van der Waals surface area contributed by atoms with Gasteiger partial charge in [-0.25, -0.2) is 14.4 Å².